The summed E-state index contributed by atoms with van der Waals surface area (Å²) in [5.74, 6) is 1.69. The molecule has 12 aromatic carbocycles. The lowest BCUT2D eigenvalue weighted by Gasteiger charge is -2.16. The van der Waals surface area contributed by atoms with Crippen LogP contribution >= 0.6 is 0 Å². The third-order valence-corrected chi connectivity index (χ3v) is 15.1. The van der Waals surface area contributed by atoms with Gasteiger partial charge >= 0.3 is 0 Å². The highest BCUT2D eigenvalue weighted by Gasteiger charge is 2.27. The van der Waals surface area contributed by atoms with E-state index in [1.165, 1.54) is 26.9 Å². The summed E-state index contributed by atoms with van der Waals surface area (Å²) in [6, 6.07) is 84.4. The largest absolute Gasteiger partial charge is 0.454 e. The Bertz CT molecular complexity index is 4980. The second kappa shape index (κ2) is 15.3. The van der Waals surface area contributed by atoms with Gasteiger partial charge in [0.05, 0.1) is 22.1 Å². The van der Waals surface area contributed by atoms with Crippen molar-refractivity contribution in [2.45, 2.75) is 0 Å². The molecule has 0 unspecified atom stereocenters. The molecule has 6 heteroatoms. The highest BCUT2D eigenvalue weighted by Crippen LogP contribution is 2.46. The SMILES string of the molecule is c1ccc(-n2c3ccccc3c3ccc(-c4nc(-c5ccc6c(oc7ccc8ccccc8c76)c5-n5c6cc7ccccc7cc6c6c7ccccc7ccc65)nc(-c5cccc6ccccc56)n4)cc32)cc1. The molecule has 0 aliphatic carbocycles. The van der Waals surface area contributed by atoms with E-state index in [1.807, 2.05) is 0 Å². The third-order valence-electron chi connectivity index (χ3n) is 15.1. The molecule has 4 aromatic heterocycles. The summed E-state index contributed by atoms with van der Waals surface area (Å²) in [7, 11) is 0. The van der Waals surface area contributed by atoms with Crippen LogP contribution in [0.3, 0.4) is 0 Å². The molecule has 0 spiro atoms. The van der Waals surface area contributed by atoms with Crippen LogP contribution in [0.2, 0.25) is 0 Å². The van der Waals surface area contributed by atoms with Gasteiger partial charge in [-0.05, 0) is 104 Å². The molecule has 338 valence electrons. The minimum atomic E-state index is 0.537. The zero-order valence-electron chi connectivity index (χ0n) is 39.2. The number of rotatable bonds is 5. The van der Waals surface area contributed by atoms with Crippen LogP contribution in [-0.4, -0.2) is 24.1 Å². The number of para-hydroxylation sites is 2. The van der Waals surface area contributed by atoms with E-state index in [1.54, 1.807) is 0 Å². The predicted octanol–water partition coefficient (Wildman–Crippen LogP) is 17.6. The monoisotopic (exact) mass is 929 g/mol. The van der Waals surface area contributed by atoms with Gasteiger partial charge in [0.25, 0.3) is 0 Å². The van der Waals surface area contributed by atoms with Crippen molar-refractivity contribution in [1.29, 1.82) is 0 Å². The zero-order valence-corrected chi connectivity index (χ0v) is 39.2. The van der Waals surface area contributed by atoms with Gasteiger partial charge in [-0.1, -0.05) is 176 Å². The van der Waals surface area contributed by atoms with Crippen molar-refractivity contribution in [3.63, 3.8) is 0 Å². The summed E-state index contributed by atoms with van der Waals surface area (Å²) in [6.45, 7) is 0. The van der Waals surface area contributed by atoms with Crippen LogP contribution in [0.1, 0.15) is 0 Å². The van der Waals surface area contributed by atoms with Crippen molar-refractivity contribution in [3.05, 3.63) is 237 Å². The topological polar surface area (TPSA) is 61.7 Å². The van der Waals surface area contributed by atoms with Crippen LogP contribution < -0.4 is 0 Å². The van der Waals surface area contributed by atoms with E-state index >= 15 is 0 Å². The van der Waals surface area contributed by atoms with Gasteiger partial charge in [0.1, 0.15) is 11.3 Å². The van der Waals surface area contributed by atoms with E-state index in [0.717, 1.165) is 110 Å². The van der Waals surface area contributed by atoms with Gasteiger partial charge in [0.2, 0.25) is 0 Å². The zero-order chi connectivity index (χ0) is 47.7. The number of hydrogen-bond donors (Lipinski definition) is 0. The van der Waals surface area contributed by atoms with Crippen molar-refractivity contribution in [3.8, 4) is 45.5 Å². The first-order valence-corrected chi connectivity index (χ1v) is 24.8. The van der Waals surface area contributed by atoms with Gasteiger partial charge in [-0.3, -0.25) is 0 Å². The van der Waals surface area contributed by atoms with E-state index in [2.05, 4.69) is 246 Å². The van der Waals surface area contributed by atoms with Gasteiger partial charge in [0.15, 0.2) is 23.1 Å². The molecule has 0 atom stereocenters. The smallest absolute Gasteiger partial charge is 0.166 e. The van der Waals surface area contributed by atoms with E-state index in [9.17, 15) is 0 Å². The fraction of sp³-hybridized carbons (Fsp3) is 0. The highest BCUT2D eigenvalue weighted by molar-refractivity contribution is 6.26. The Morgan fingerprint density at radius 2 is 0.877 bits per heavy atom. The van der Waals surface area contributed by atoms with E-state index in [-0.39, 0.29) is 0 Å². The Balaban J connectivity index is 1.05. The van der Waals surface area contributed by atoms with Crippen molar-refractivity contribution in [2.75, 3.05) is 0 Å². The Morgan fingerprint density at radius 1 is 0.301 bits per heavy atom. The van der Waals surface area contributed by atoms with E-state index in [4.69, 9.17) is 19.4 Å². The summed E-state index contributed by atoms with van der Waals surface area (Å²) in [5.41, 5.74) is 10.5. The molecule has 0 radical (unpaired) electrons. The Kier molecular flexibility index (Phi) is 8.36. The van der Waals surface area contributed by atoms with Gasteiger partial charge in [-0.25, -0.2) is 15.0 Å². The molecule has 16 aromatic rings. The van der Waals surface area contributed by atoms with Gasteiger partial charge < -0.3 is 13.6 Å². The van der Waals surface area contributed by atoms with Gasteiger partial charge in [-0.2, -0.15) is 0 Å². The minimum Gasteiger partial charge on any atom is -0.454 e. The molecule has 16 rings (SSSR count). The Hall–Kier alpha value is -9.91. The van der Waals surface area contributed by atoms with Crippen molar-refractivity contribution in [2.24, 2.45) is 0 Å². The quantitative estimate of drug-likeness (QED) is 0.173. The molecule has 0 aliphatic rings. The minimum absolute atomic E-state index is 0.537. The summed E-state index contributed by atoms with van der Waals surface area (Å²) in [5, 5.41) is 15.9. The molecule has 0 fully saturated rings. The first kappa shape index (κ1) is 39.9. The number of benzene rings is 12. The molecule has 0 saturated heterocycles. The molecular formula is C67H39N5O. The molecule has 73 heavy (non-hydrogen) atoms. The predicted molar refractivity (Wildman–Crippen MR) is 302 cm³/mol. The maximum Gasteiger partial charge on any atom is 0.166 e. The van der Waals surface area contributed by atoms with Gasteiger partial charge in [-0.15, -0.1) is 0 Å². The summed E-state index contributed by atoms with van der Waals surface area (Å²) in [6.07, 6.45) is 0. The summed E-state index contributed by atoms with van der Waals surface area (Å²) in [4.78, 5) is 16.6. The fourth-order valence-corrected chi connectivity index (χ4v) is 11.8. The Labute approximate surface area is 417 Å². The number of furan rings is 1. The number of hydrogen-bond acceptors (Lipinski definition) is 4. The molecule has 0 aliphatic heterocycles. The molecule has 0 bridgehead atoms. The van der Waals surface area contributed by atoms with Crippen molar-refractivity contribution < 1.29 is 4.42 Å². The fourth-order valence-electron chi connectivity index (χ4n) is 11.8. The lowest BCUT2D eigenvalue weighted by molar-refractivity contribution is 0.667. The number of aromatic nitrogens is 5. The van der Waals surface area contributed by atoms with Crippen LogP contribution in [0.4, 0.5) is 0 Å². The number of fused-ring (bicyclic) bond motifs is 15. The second-order valence-corrected chi connectivity index (χ2v) is 19.1. The second-order valence-electron chi connectivity index (χ2n) is 19.1. The molecule has 0 N–H and O–H groups in total. The van der Waals surface area contributed by atoms with E-state index in [0.29, 0.717) is 17.5 Å². The maximum atomic E-state index is 7.28. The molecule has 0 saturated carbocycles. The van der Waals surface area contributed by atoms with Crippen LogP contribution in [0.15, 0.2) is 241 Å². The first-order chi connectivity index (χ1) is 36.2. The van der Waals surface area contributed by atoms with Crippen LogP contribution in [-0.2, 0) is 0 Å². The van der Waals surface area contributed by atoms with Crippen LogP contribution in [0, 0.1) is 0 Å². The first-order valence-electron chi connectivity index (χ1n) is 24.8. The standard InChI is InChI=1S/C67H39N5O/c1-2-21-46(22-3-1)71-56-28-13-12-26-50(56)51-32-29-45(39-58(51)71)65-68-66(52-27-14-20-40-15-6-9-23-47(40)52)70-67(69-65)54-34-33-53-62-49-25-11-8-17-42(49)31-36-60(62)73-64(53)63(54)72-57-35-30-41-16-7-10-24-48(41)61(57)55-37-43-18-4-5-19-44(43)38-59(55)72/h1-39H. The lowest BCUT2D eigenvalue weighted by atomic mass is 10.0. The molecule has 6 nitrogen and oxygen atoms in total. The van der Waals surface area contributed by atoms with Gasteiger partial charge in [0, 0.05) is 54.7 Å². The molecule has 4 heterocycles. The van der Waals surface area contributed by atoms with Crippen molar-refractivity contribution >= 4 is 109 Å². The summed E-state index contributed by atoms with van der Waals surface area (Å²) < 4.78 is 12.0. The summed E-state index contributed by atoms with van der Waals surface area (Å²) >= 11 is 0. The maximum absolute atomic E-state index is 7.28. The lowest BCUT2D eigenvalue weighted by Crippen LogP contribution is -2.04. The highest BCUT2D eigenvalue weighted by atomic mass is 16.3. The van der Waals surface area contributed by atoms with E-state index < -0.39 is 0 Å². The third kappa shape index (κ3) is 5.89. The molecular weight excluding hydrogens is 891 g/mol. The van der Waals surface area contributed by atoms with Crippen LogP contribution in [0.5, 0.6) is 0 Å². The normalized spacial score (nSPS) is 12.1. The average molecular weight is 930 g/mol. The Morgan fingerprint density at radius 3 is 1.67 bits per heavy atom. The average Bonchev–Trinajstić information content (AvgIpc) is 4.14. The van der Waals surface area contributed by atoms with Crippen LogP contribution in [0.25, 0.3) is 154 Å². The number of nitrogens with zero attached hydrogens (tertiary/aromatic N) is 5. The van der Waals surface area contributed by atoms with Crippen molar-refractivity contribution in [1.82, 2.24) is 24.1 Å². The molecule has 0 amide bonds.